The van der Waals surface area contributed by atoms with Crippen LogP contribution in [0.1, 0.15) is 101 Å². The van der Waals surface area contributed by atoms with Crippen molar-refractivity contribution in [3.63, 3.8) is 0 Å². The predicted molar refractivity (Wildman–Crippen MR) is 165 cm³/mol. The van der Waals surface area contributed by atoms with Crippen LogP contribution in [0.15, 0.2) is 58.5 Å². The number of aromatic hydroxyl groups is 2. The van der Waals surface area contributed by atoms with Crippen molar-refractivity contribution in [3.8, 4) is 11.5 Å². The number of aliphatic carboxylic acids is 2. The summed E-state index contributed by atoms with van der Waals surface area (Å²) in [5, 5.41) is 39.3. The van der Waals surface area contributed by atoms with Gasteiger partial charge in [-0.05, 0) is 85.0 Å². The number of hydrogen-bond donors (Lipinski definition) is 2. The predicted octanol–water partition coefficient (Wildman–Crippen LogP) is 5.48. The van der Waals surface area contributed by atoms with Crippen LogP contribution < -0.4 is 10.2 Å². The molecule has 0 aromatic heterocycles. The number of carboxylic acids is 2. The van der Waals surface area contributed by atoms with Gasteiger partial charge in [-0.2, -0.15) is 0 Å². The van der Waals surface area contributed by atoms with Crippen molar-refractivity contribution in [2.45, 2.75) is 80.1 Å². The number of carbonyl (C=O) groups is 2. The van der Waals surface area contributed by atoms with Gasteiger partial charge in [0.05, 0.1) is 11.4 Å². The fourth-order valence-corrected chi connectivity index (χ4v) is 3.93. The van der Waals surface area contributed by atoms with Crippen molar-refractivity contribution in [1.29, 1.82) is 0 Å². The quantitative estimate of drug-likeness (QED) is 0.314. The van der Waals surface area contributed by atoms with E-state index in [1.807, 2.05) is 36.4 Å². The Morgan fingerprint density at radius 3 is 1.28 bits per heavy atom. The maximum atomic E-state index is 10.8. The number of aliphatic imine (C=N–C) groups is 2. The topological polar surface area (TPSA) is 145 Å². The van der Waals surface area contributed by atoms with Gasteiger partial charge in [-0.1, -0.05) is 65.8 Å². The molecule has 0 aliphatic heterocycles. The molecule has 0 aliphatic rings. The molecule has 0 unspecified atom stereocenters. The third-order valence-electron chi connectivity index (χ3n) is 6.09. The summed E-state index contributed by atoms with van der Waals surface area (Å²) in [4.78, 5) is 27.1. The van der Waals surface area contributed by atoms with Crippen molar-refractivity contribution >= 4 is 35.7 Å². The molecule has 0 spiro atoms. The van der Waals surface area contributed by atoms with E-state index in [0.717, 1.165) is 37.8 Å². The minimum Gasteiger partial charge on any atom is -0.550 e. The molecule has 0 bridgehead atoms. The Hall–Kier alpha value is -3.95. The van der Waals surface area contributed by atoms with E-state index < -0.39 is 11.9 Å². The average Bonchev–Trinajstić information content (AvgIpc) is 2.91. The average molecular weight is 634 g/mol. The molecule has 0 heterocycles. The molecule has 3 aromatic carbocycles. The Morgan fingerprint density at radius 2 is 1.02 bits per heavy atom. The first-order valence-corrected chi connectivity index (χ1v) is 13.9. The Bertz CT molecular complexity index is 1300. The van der Waals surface area contributed by atoms with Crippen LogP contribution in [0.3, 0.4) is 0 Å². The van der Waals surface area contributed by atoms with Crippen molar-refractivity contribution in [2.24, 2.45) is 9.98 Å². The van der Waals surface area contributed by atoms with Gasteiger partial charge >= 0.3 is 16.8 Å². The van der Waals surface area contributed by atoms with Crippen LogP contribution in [-0.4, -0.2) is 34.6 Å². The van der Waals surface area contributed by atoms with Crippen LogP contribution in [0.2, 0.25) is 0 Å². The first-order chi connectivity index (χ1) is 19.7. The summed E-state index contributed by atoms with van der Waals surface area (Å²) in [6.45, 7) is 14.5. The molecule has 0 fully saturated rings. The number of para-hydroxylation sites is 2. The van der Waals surface area contributed by atoms with Gasteiger partial charge in [0.15, 0.2) is 0 Å². The molecule has 0 saturated heterocycles. The summed E-state index contributed by atoms with van der Waals surface area (Å²) >= 11 is 0. The van der Waals surface area contributed by atoms with E-state index in [1.165, 1.54) is 11.1 Å². The number of carboxylic acid groups (broad SMARTS) is 2. The minimum absolute atomic E-state index is 0. The van der Waals surface area contributed by atoms with Gasteiger partial charge in [-0.25, -0.2) is 0 Å². The zero-order valence-electron chi connectivity index (χ0n) is 26.1. The molecule has 3 rings (SSSR count). The van der Waals surface area contributed by atoms with Crippen LogP contribution in [0, 0.1) is 0 Å². The SMILES string of the molecule is CC(=O)[O-].CC(=O)[O-].CCc1cc(C=Nc2ccccc2N=Cc2cc(CC)cc(C(C)C)c2O)c(O)c(C(C)C)c1.[Co+2]. The molecule has 0 saturated carbocycles. The smallest absolute Gasteiger partial charge is 0.550 e. The fourth-order valence-electron chi connectivity index (χ4n) is 3.93. The van der Waals surface area contributed by atoms with Crippen molar-refractivity contribution in [2.75, 3.05) is 0 Å². The molecule has 0 amide bonds. The number of nitrogens with zero attached hydrogens (tertiary/aromatic N) is 2. The number of benzene rings is 3. The van der Waals surface area contributed by atoms with Gasteiger partial charge < -0.3 is 30.0 Å². The third-order valence-corrected chi connectivity index (χ3v) is 6.09. The van der Waals surface area contributed by atoms with Gasteiger partial charge in [-0.15, -0.1) is 0 Å². The molecular weight excluding hydrogens is 591 g/mol. The maximum Gasteiger partial charge on any atom is 2.00 e. The Labute approximate surface area is 265 Å². The van der Waals surface area contributed by atoms with E-state index in [2.05, 4.69) is 63.7 Å². The summed E-state index contributed by atoms with van der Waals surface area (Å²) in [5.74, 6) is -1.17. The van der Waals surface area contributed by atoms with Gasteiger partial charge in [0.25, 0.3) is 0 Å². The Kier molecular flexibility index (Phi) is 17.5. The van der Waals surface area contributed by atoms with E-state index in [1.54, 1.807) is 12.4 Å². The molecule has 0 aliphatic carbocycles. The second kappa shape index (κ2) is 19.3. The third kappa shape index (κ3) is 13.3. The molecule has 0 atom stereocenters. The van der Waals surface area contributed by atoms with E-state index in [0.29, 0.717) is 22.5 Å². The second-order valence-electron chi connectivity index (χ2n) is 10.3. The molecule has 9 heteroatoms. The Balaban J connectivity index is 0.00000174. The normalized spacial score (nSPS) is 10.7. The number of hydrogen-bond acceptors (Lipinski definition) is 8. The maximum absolute atomic E-state index is 10.8. The summed E-state index contributed by atoms with van der Waals surface area (Å²) in [5.41, 5.74) is 7.00. The number of rotatable bonds is 8. The van der Waals surface area contributed by atoms with Crippen LogP contribution in [0.5, 0.6) is 11.5 Å². The molecule has 8 nitrogen and oxygen atoms in total. The molecule has 233 valence electrons. The van der Waals surface area contributed by atoms with Crippen molar-refractivity contribution in [3.05, 3.63) is 81.9 Å². The zero-order valence-corrected chi connectivity index (χ0v) is 27.1. The molecular formula is C34H42CoN2O6. The molecule has 3 aromatic rings. The van der Waals surface area contributed by atoms with E-state index in [4.69, 9.17) is 19.8 Å². The van der Waals surface area contributed by atoms with E-state index >= 15 is 0 Å². The monoisotopic (exact) mass is 633 g/mol. The van der Waals surface area contributed by atoms with Crippen LogP contribution >= 0.6 is 0 Å². The molecule has 43 heavy (non-hydrogen) atoms. The van der Waals surface area contributed by atoms with Crippen LogP contribution in [0.4, 0.5) is 11.4 Å². The number of phenols is 2. The first-order valence-electron chi connectivity index (χ1n) is 13.9. The summed E-state index contributed by atoms with van der Waals surface area (Å²) in [6.07, 6.45) is 5.20. The van der Waals surface area contributed by atoms with Crippen molar-refractivity contribution < 1.29 is 46.8 Å². The zero-order chi connectivity index (χ0) is 32.0. The number of aryl methyl sites for hydroxylation is 2. The second-order valence-corrected chi connectivity index (χ2v) is 10.3. The summed E-state index contributed by atoms with van der Waals surface area (Å²) < 4.78 is 0. The van der Waals surface area contributed by atoms with Gasteiger partial charge in [-0.3, -0.25) is 9.98 Å². The first kappa shape index (κ1) is 39.0. The van der Waals surface area contributed by atoms with Crippen LogP contribution in [0.25, 0.3) is 0 Å². The van der Waals surface area contributed by atoms with E-state index in [9.17, 15) is 10.2 Å². The van der Waals surface area contributed by atoms with Gasteiger partial charge in [0.2, 0.25) is 0 Å². The van der Waals surface area contributed by atoms with Gasteiger partial charge in [0.1, 0.15) is 11.5 Å². The number of phenolic OH excluding ortho intramolecular Hbond substituents is 2. The summed E-state index contributed by atoms with van der Waals surface area (Å²) in [6, 6.07) is 15.7. The standard InChI is InChI=1S/C30H36N2O2.2C2H4O2.Co/c1-7-21-13-23(29(33)25(15-21)19(3)4)17-31-27-11-9-10-12-28(27)32-18-24-14-22(8-2)16-26(20(5)6)30(24)34;2*1-2(3)4;/h9-20,33-34H,7-8H2,1-6H3;2*1H3,(H,3,4);/q;;;+2/p-2. The van der Waals surface area contributed by atoms with Crippen molar-refractivity contribution in [1.82, 2.24) is 0 Å². The fraction of sp³-hybridized carbons (Fsp3) is 0.353. The Morgan fingerprint density at radius 1 is 0.721 bits per heavy atom. The van der Waals surface area contributed by atoms with Gasteiger partial charge in [0, 0.05) is 35.5 Å². The van der Waals surface area contributed by atoms with Crippen LogP contribution in [-0.2, 0) is 39.2 Å². The van der Waals surface area contributed by atoms with E-state index in [-0.39, 0.29) is 40.1 Å². The minimum atomic E-state index is -1.08. The number of carbonyl (C=O) groups excluding carboxylic acids is 2. The molecule has 2 N–H and O–H groups in total. The molecule has 1 radical (unpaired) electrons. The largest absolute Gasteiger partial charge is 2.00 e. The summed E-state index contributed by atoms with van der Waals surface area (Å²) in [7, 11) is 0.